The van der Waals surface area contributed by atoms with E-state index in [0.29, 0.717) is 5.91 Å². The predicted octanol–water partition coefficient (Wildman–Crippen LogP) is 1.98. The average Bonchev–Trinajstić information content (AvgIpc) is 3.15. The molecule has 0 aromatic carbocycles. The van der Waals surface area contributed by atoms with Crippen molar-refractivity contribution in [2.24, 2.45) is 11.8 Å². The van der Waals surface area contributed by atoms with Gasteiger partial charge in [0.15, 0.2) is 0 Å². The molecule has 0 bridgehead atoms. The molecular weight excluding hydrogens is 212 g/mol. The average molecular weight is 238 g/mol. The third-order valence-electron chi connectivity index (χ3n) is 4.15. The first-order chi connectivity index (χ1) is 8.20. The Balaban J connectivity index is 1.79. The van der Waals surface area contributed by atoms with Crippen LogP contribution in [0.25, 0.3) is 0 Å². The third kappa shape index (κ3) is 3.70. The lowest BCUT2D eigenvalue weighted by molar-refractivity contribution is -0.134. The molecule has 0 aromatic heterocycles. The van der Waals surface area contributed by atoms with E-state index in [4.69, 9.17) is 0 Å². The van der Waals surface area contributed by atoms with Gasteiger partial charge in [-0.15, -0.1) is 0 Å². The molecule has 17 heavy (non-hydrogen) atoms. The number of carbonyl (C=O) groups excluding carboxylic acids is 1. The molecule has 1 aliphatic heterocycles. The first kappa shape index (κ1) is 12.9. The molecule has 0 aromatic rings. The molecule has 2 rings (SSSR count). The maximum Gasteiger partial charge on any atom is 0.225 e. The van der Waals surface area contributed by atoms with Gasteiger partial charge >= 0.3 is 0 Å². The molecule has 2 aliphatic rings. The Kier molecular flexibility index (Phi) is 4.43. The van der Waals surface area contributed by atoms with Crippen LogP contribution in [-0.4, -0.2) is 48.4 Å². The predicted molar refractivity (Wildman–Crippen MR) is 69.8 cm³/mol. The van der Waals surface area contributed by atoms with Gasteiger partial charge in [-0.25, -0.2) is 0 Å². The molecule has 1 amide bonds. The summed E-state index contributed by atoms with van der Waals surface area (Å²) in [5.74, 6) is 1.53. The summed E-state index contributed by atoms with van der Waals surface area (Å²) in [4.78, 5) is 16.8. The minimum Gasteiger partial charge on any atom is -0.341 e. The Morgan fingerprint density at radius 2 is 2.00 bits per heavy atom. The van der Waals surface area contributed by atoms with Crippen molar-refractivity contribution in [3.63, 3.8) is 0 Å². The molecule has 1 saturated carbocycles. The summed E-state index contributed by atoms with van der Waals surface area (Å²) in [6.45, 7) is 9.58. The number of amides is 1. The van der Waals surface area contributed by atoms with E-state index in [-0.39, 0.29) is 5.92 Å². The Labute approximate surface area is 105 Å². The lowest BCUT2D eigenvalue weighted by atomic mass is 10.1. The van der Waals surface area contributed by atoms with E-state index < -0.39 is 0 Å². The summed E-state index contributed by atoms with van der Waals surface area (Å²) in [6.07, 6.45) is 4.95. The number of nitrogens with zero attached hydrogens (tertiary/aromatic N) is 2. The van der Waals surface area contributed by atoms with E-state index in [9.17, 15) is 4.79 Å². The number of hydrogen-bond donors (Lipinski definition) is 0. The fraction of sp³-hybridized carbons (Fsp3) is 0.929. The Bertz CT molecular complexity index is 263. The van der Waals surface area contributed by atoms with Crippen LogP contribution in [0.4, 0.5) is 0 Å². The van der Waals surface area contributed by atoms with E-state index >= 15 is 0 Å². The van der Waals surface area contributed by atoms with Crippen LogP contribution in [0.3, 0.4) is 0 Å². The van der Waals surface area contributed by atoms with Crippen LogP contribution in [0.5, 0.6) is 0 Å². The van der Waals surface area contributed by atoms with Crippen LogP contribution < -0.4 is 0 Å². The van der Waals surface area contributed by atoms with Crippen molar-refractivity contribution in [2.45, 2.75) is 39.5 Å². The van der Waals surface area contributed by atoms with Gasteiger partial charge in [-0.3, -0.25) is 4.79 Å². The Morgan fingerprint density at radius 1 is 1.24 bits per heavy atom. The second-order valence-electron chi connectivity index (χ2n) is 5.73. The fourth-order valence-electron chi connectivity index (χ4n) is 2.53. The first-order valence-corrected chi connectivity index (χ1v) is 7.21. The Hall–Kier alpha value is -0.570. The van der Waals surface area contributed by atoms with Gasteiger partial charge in [0.2, 0.25) is 5.91 Å². The topological polar surface area (TPSA) is 23.6 Å². The van der Waals surface area contributed by atoms with Gasteiger partial charge in [0, 0.05) is 32.1 Å². The molecule has 1 aliphatic carbocycles. The molecule has 1 atom stereocenters. The van der Waals surface area contributed by atoms with Crippen molar-refractivity contribution in [1.82, 2.24) is 9.80 Å². The van der Waals surface area contributed by atoms with Crippen LogP contribution in [0.1, 0.15) is 39.5 Å². The minimum absolute atomic E-state index is 0.199. The quantitative estimate of drug-likeness (QED) is 0.747. The van der Waals surface area contributed by atoms with Crippen molar-refractivity contribution in [2.75, 3.05) is 32.7 Å². The van der Waals surface area contributed by atoms with Gasteiger partial charge in [0.1, 0.15) is 0 Å². The highest BCUT2D eigenvalue weighted by atomic mass is 16.2. The Morgan fingerprint density at radius 3 is 2.65 bits per heavy atom. The van der Waals surface area contributed by atoms with E-state index in [1.165, 1.54) is 25.9 Å². The zero-order valence-corrected chi connectivity index (χ0v) is 11.3. The lowest BCUT2D eigenvalue weighted by Gasteiger charge is -2.24. The van der Waals surface area contributed by atoms with Crippen molar-refractivity contribution in [1.29, 1.82) is 0 Å². The molecule has 2 fully saturated rings. The number of hydrogen-bond acceptors (Lipinski definition) is 2. The van der Waals surface area contributed by atoms with E-state index in [1.54, 1.807) is 0 Å². The second-order valence-corrected chi connectivity index (χ2v) is 5.73. The van der Waals surface area contributed by atoms with Crippen LogP contribution in [0.15, 0.2) is 0 Å². The van der Waals surface area contributed by atoms with Crippen molar-refractivity contribution >= 4 is 5.91 Å². The highest BCUT2D eigenvalue weighted by Gasteiger charge is 2.27. The SMILES string of the molecule is CCC(C)C(=O)N1CCCN(CC2CC2)CC1. The molecule has 0 N–H and O–H groups in total. The van der Waals surface area contributed by atoms with E-state index in [0.717, 1.165) is 38.4 Å². The number of carbonyl (C=O) groups is 1. The molecule has 98 valence electrons. The normalized spacial score (nSPS) is 24.5. The van der Waals surface area contributed by atoms with Crippen LogP contribution in [0, 0.1) is 11.8 Å². The van der Waals surface area contributed by atoms with Gasteiger partial charge < -0.3 is 9.80 Å². The highest BCUT2D eigenvalue weighted by molar-refractivity contribution is 5.78. The van der Waals surface area contributed by atoms with Crippen molar-refractivity contribution in [3.05, 3.63) is 0 Å². The molecule has 1 heterocycles. The first-order valence-electron chi connectivity index (χ1n) is 7.21. The molecule has 0 spiro atoms. The van der Waals surface area contributed by atoms with Gasteiger partial charge in [-0.05, 0) is 38.1 Å². The summed E-state index contributed by atoms with van der Waals surface area (Å²) in [7, 11) is 0. The van der Waals surface area contributed by atoms with Gasteiger partial charge in [-0.1, -0.05) is 13.8 Å². The van der Waals surface area contributed by atoms with Crippen molar-refractivity contribution in [3.8, 4) is 0 Å². The molecule has 3 nitrogen and oxygen atoms in total. The molecule has 1 saturated heterocycles. The minimum atomic E-state index is 0.199. The summed E-state index contributed by atoms with van der Waals surface area (Å²) >= 11 is 0. The summed E-state index contributed by atoms with van der Waals surface area (Å²) in [5.41, 5.74) is 0. The maximum absolute atomic E-state index is 12.1. The smallest absolute Gasteiger partial charge is 0.225 e. The standard InChI is InChI=1S/C14H26N2O/c1-3-12(2)14(17)16-8-4-7-15(9-10-16)11-13-5-6-13/h12-13H,3-11H2,1-2H3. The van der Waals surface area contributed by atoms with E-state index in [1.807, 2.05) is 0 Å². The summed E-state index contributed by atoms with van der Waals surface area (Å²) < 4.78 is 0. The largest absolute Gasteiger partial charge is 0.341 e. The monoisotopic (exact) mass is 238 g/mol. The molecule has 1 unspecified atom stereocenters. The van der Waals surface area contributed by atoms with Gasteiger partial charge in [-0.2, -0.15) is 0 Å². The third-order valence-corrected chi connectivity index (χ3v) is 4.15. The van der Waals surface area contributed by atoms with Crippen LogP contribution in [-0.2, 0) is 4.79 Å². The maximum atomic E-state index is 12.1. The zero-order chi connectivity index (χ0) is 12.3. The molecule has 0 radical (unpaired) electrons. The molecular formula is C14H26N2O. The van der Waals surface area contributed by atoms with Crippen LogP contribution in [0.2, 0.25) is 0 Å². The van der Waals surface area contributed by atoms with Crippen molar-refractivity contribution < 1.29 is 4.79 Å². The second kappa shape index (κ2) is 5.85. The highest BCUT2D eigenvalue weighted by Crippen LogP contribution is 2.29. The molecule has 3 heteroatoms. The summed E-state index contributed by atoms with van der Waals surface area (Å²) in [5, 5.41) is 0. The van der Waals surface area contributed by atoms with Gasteiger partial charge in [0.25, 0.3) is 0 Å². The van der Waals surface area contributed by atoms with E-state index in [2.05, 4.69) is 23.6 Å². The van der Waals surface area contributed by atoms with Crippen LogP contribution >= 0.6 is 0 Å². The fourth-order valence-corrected chi connectivity index (χ4v) is 2.53. The number of rotatable bonds is 4. The summed E-state index contributed by atoms with van der Waals surface area (Å²) in [6, 6.07) is 0. The van der Waals surface area contributed by atoms with Gasteiger partial charge in [0.05, 0.1) is 0 Å². The zero-order valence-electron chi connectivity index (χ0n) is 11.3. The lowest BCUT2D eigenvalue weighted by Crippen LogP contribution is -2.38.